The third-order valence-corrected chi connectivity index (χ3v) is 6.62. The van der Waals surface area contributed by atoms with Crippen LogP contribution in [0.5, 0.6) is 11.5 Å². The largest absolute Gasteiger partial charge is 0.495 e. The molecule has 2 N–H and O–H groups in total. The van der Waals surface area contributed by atoms with Gasteiger partial charge in [0.25, 0.3) is 5.91 Å². The van der Waals surface area contributed by atoms with E-state index in [9.17, 15) is 13.2 Å². The summed E-state index contributed by atoms with van der Waals surface area (Å²) >= 11 is 0. The SMILES string of the molecule is COc1ccc(C(=O)NCc2ccc(OCC3CCCO3)cc2)cc1S(=O)(=O)NC(C)C. The van der Waals surface area contributed by atoms with E-state index in [2.05, 4.69) is 10.0 Å². The Morgan fingerprint density at radius 1 is 1.19 bits per heavy atom. The van der Waals surface area contributed by atoms with Crippen LogP contribution in [0.25, 0.3) is 0 Å². The molecule has 2 aromatic rings. The lowest BCUT2D eigenvalue weighted by Gasteiger charge is -2.14. The minimum atomic E-state index is -3.82. The molecule has 0 spiro atoms. The van der Waals surface area contributed by atoms with E-state index in [1.54, 1.807) is 13.8 Å². The normalized spacial score (nSPS) is 16.2. The van der Waals surface area contributed by atoms with Crippen LogP contribution in [0, 0.1) is 0 Å². The van der Waals surface area contributed by atoms with Crippen molar-refractivity contribution in [3.05, 3.63) is 53.6 Å². The minimum Gasteiger partial charge on any atom is -0.495 e. The molecule has 1 unspecified atom stereocenters. The summed E-state index contributed by atoms with van der Waals surface area (Å²) < 4.78 is 44.2. The lowest BCUT2D eigenvalue weighted by Crippen LogP contribution is -2.31. The average Bonchev–Trinajstić information content (AvgIpc) is 3.29. The van der Waals surface area contributed by atoms with Crippen molar-refractivity contribution >= 4 is 15.9 Å². The number of sulfonamides is 1. The summed E-state index contributed by atoms with van der Waals surface area (Å²) in [5.41, 5.74) is 1.12. The van der Waals surface area contributed by atoms with Gasteiger partial charge in [-0.25, -0.2) is 13.1 Å². The van der Waals surface area contributed by atoms with E-state index in [0.717, 1.165) is 30.8 Å². The topological polar surface area (TPSA) is 103 Å². The Hall–Kier alpha value is -2.62. The van der Waals surface area contributed by atoms with Crippen molar-refractivity contribution in [2.75, 3.05) is 20.3 Å². The smallest absolute Gasteiger partial charge is 0.251 e. The number of amides is 1. The number of carbonyl (C=O) groups is 1. The van der Waals surface area contributed by atoms with Gasteiger partial charge in [-0.2, -0.15) is 0 Å². The predicted octanol–water partition coefficient (Wildman–Crippen LogP) is 2.87. The van der Waals surface area contributed by atoms with E-state index in [1.165, 1.54) is 25.3 Å². The standard InChI is InChI=1S/C23H30N2O6S/c1-16(2)25-32(27,28)22-13-18(8-11-21(22)29-3)23(26)24-14-17-6-9-19(10-7-17)31-15-20-5-4-12-30-20/h6-11,13,16,20,25H,4-5,12,14-15H2,1-3H3,(H,24,26). The van der Waals surface area contributed by atoms with Gasteiger partial charge in [0.1, 0.15) is 23.0 Å². The average molecular weight is 463 g/mol. The fourth-order valence-electron chi connectivity index (χ4n) is 3.35. The van der Waals surface area contributed by atoms with Crippen molar-refractivity contribution in [1.29, 1.82) is 0 Å². The molecule has 174 valence electrons. The molecule has 3 rings (SSSR count). The fourth-order valence-corrected chi connectivity index (χ4v) is 4.80. The molecule has 1 atom stereocenters. The van der Waals surface area contributed by atoms with Gasteiger partial charge in [0.05, 0.1) is 13.2 Å². The Morgan fingerprint density at radius 3 is 2.56 bits per heavy atom. The van der Waals surface area contributed by atoms with E-state index < -0.39 is 10.0 Å². The van der Waals surface area contributed by atoms with Crippen LogP contribution in [0.3, 0.4) is 0 Å². The van der Waals surface area contributed by atoms with E-state index in [1.807, 2.05) is 24.3 Å². The molecule has 0 radical (unpaired) electrons. The summed E-state index contributed by atoms with van der Waals surface area (Å²) in [5, 5.41) is 2.81. The molecule has 1 aliphatic heterocycles. The first-order valence-electron chi connectivity index (χ1n) is 10.6. The summed E-state index contributed by atoms with van der Waals surface area (Å²) in [4.78, 5) is 12.6. The summed E-state index contributed by atoms with van der Waals surface area (Å²) in [7, 11) is -2.43. The number of hydrogen-bond donors (Lipinski definition) is 2. The summed E-state index contributed by atoms with van der Waals surface area (Å²) in [5.74, 6) is 0.541. The summed E-state index contributed by atoms with van der Waals surface area (Å²) in [6.07, 6.45) is 2.25. The molecule has 2 aromatic carbocycles. The second-order valence-corrected chi connectivity index (χ2v) is 9.60. The zero-order valence-electron chi connectivity index (χ0n) is 18.6. The Labute approximate surface area is 189 Å². The fraction of sp³-hybridized carbons (Fsp3) is 0.435. The van der Waals surface area contributed by atoms with Crippen LogP contribution in [0.4, 0.5) is 0 Å². The third-order valence-electron chi connectivity index (χ3n) is 4.94. The molecule has 1 amide bonds. The molecule has 1 fully saturated rings. The van der Waals surface area contributed by atoms with Crippen LogP contribution in [-0.4, -0.2) is 46.8 Å². The first-order chi connectivity index (χ1) is 15.3. The lowest BCUT2D eigenvalue weighted by atomic mass is 10.2. The molecule has 9 heteroatoms. The second-order valence-electron chi connectivity index (χ2n) is 7.91. The van der Waals surface area contributed by atoms with Crippen molar-refractivity contribution in [1.82, 2.24) is 10.0 Å². The molecule has 1 saturated heterocycles. The first-order valence-corrected chi connectivity index (χ1v) is 12.1. The van der Waals surface area contributed by atoms with Gasteiger partial charge in [-0.15, -0.1) is 0 Å². The Morgan fingerprint density at radius 2 is 1.94 bits per heavy atom. The highest BCUT2D eigenvalue weighted by Gasteiger charge is 2.22. The van der Waals surface area contributed by atoms with Crippen LogP contribution in [0.1, 0.15) is 42.6 Å². The van der Waals surface area contributed by atoms with Crippen LogP contribution < -0.4 is 19.5 Å². The zero-order chi connectivity index (χ0) is 23.1. The van der Waals surface area contributed by atoms with Crippen molar-refractivity contribution in [3.8, 4) is 11.5 Å². The van der Waals surface area contributed by atoms with Crippen LogP contribution in [0.2, 0.25) is 0 Å². The highest BCUT2D eigenvalue weighted by Crippen LogP contribution is 2.25. The van der Waals surface area contributed by atoms with Gasteiger partial charge in [0.15, 0.2) is 0 Å². The number of rotatable bonds is 10. The van der Waals surface area contributed by atoms with Crippen molar-refractivity contribution < 1.29 is 27.4 Å². The maximum absolute atomic E-state index is 12.6. The monoisotopic (exact) mass is 462 g/mol. The molecule has 0 aromatic heterocycles. The van der Waals surface area contributed by atoms with Gasteiger partial charge in [-0.1, -0.05) is 12.1 Å². The van der Waals surface area contributed by atoms with Crippen LogP contribution in [-0.2, 0) is 21.3 Å². The number of carbonyl (C=O) groups excluding carboxylic acids is 1. The van der Waals surface area contributed by atoms with Gasteiger partial charge >= 0.3 is 0 Å². The maximum atomic E-state index is 12.6. The van der Waals surface area contributed by atoms with E-state index in [-0.39, 0.29) is 34.3 Å². The molecule has 1 heterocycles. The predicted molar refractivity (Wildman–Crippen MR) is 121 cm³/mol. The van der Waals surface area contributed by atoms with Gasteiger partial charge in [-0.3, -0.25) is 4.79 Å². The number of benzene rings is 2. The van der Waals surface area contributed by atoms with Crippen molar-refractivity contribution in [3.63, 3.8) is 0 Å². The molecule has 0 bridgehead atoms. The minimum absolute atomic E-state index is 0.0749. The first kappa shape index (κ1) is 24.0. The van der Waals surface area contributed by atoms with Gasteiger partial charge < -0.3 is 19.5 Å². The Balaban J connectivity index is 1.61. The number of hydrogen-bond acceptors (Lipinski definition) is 6. The molecule has 32 heavy (non-hydrogen) atoms. The van der Waals surface area contributed by atoms with Crippen LogP contribution >= 0.6 is 0 Å². The van der Waals surface area contributed by atoms with E-state index in [4.69, 9.17) is 14.2 Å². The molecule has 1 aliphatic rings. The third kappa shape index (κ3) is 6.44. The maximum Gasteiger partial charge on any atom is 0.251 e. The van der Waals surface area contributed by atoms with E-state index in [0.29, 0.717) is 13.2 Å². The highest BCUT2D eigenvalue weighted by atomic mass is 32.2. The molecule has 0 aliphatic carbocycles. The van der Waals surface area contributed by atoms with Gasteiger partial charge in [0.2, 0.25) is 10.0 Å². The highest BCUT2D eigenvalue weighted by molar-refractivity contribution is 7.89. The molecule has 0 saturated carbocycles. The second kappa shape index (κ2) is 10.8. The molecule has 8 nitrogen and oxygen atoms in total. The number of methoxy groups -OCH3 is 1. The summed E-state index contributed by atoms with van der Waals surface area (Å²) in [6.45, 7) is 5.06. The Bertz CT molecular complexity index is 1020. The number of nitrogens with one attached hydrogen (secondary N) is 2. The van der Waals surface area contributed by atoms with Crippen molar-refractivity contribution in [2.24, 2.45) is 0 Å². The molecular formula is C23H30N2O6S. The Kier molecular flexibility index (Phi) is 8.11. The number of ether oxygens (including phenoxy) is 3. The van der Waals surface area contributed by atoms with Crippen molar-refractivity contribution in [2.45, 2.75) is 50.3 Å². The zero-order valence-corrected chi connectivity index (χ0v) is 19.4. The van der Waals surface area contributed by atoms with E-state index >= 15 is 0 Å². The summed E-state index contributed by atoms with van der Waals surface area (Å²) in [6, 6.07) is 11.5. The van der Waals surface area contributed by atoms with Gasteiger partial charge in [-0.05, 0) is 62.6 Å². The molecular weight excluding hydrogens is 432 g/mol. The lowest BCUT2D eigenvalue weighted by molar-refractivity contribution is 0.0679. The van der Waals surface area contributed by atoms with Gasteiger partial charge in [0, 0.05) is 24.8 Å². The quantitative estimate of drug-likeness (QED) is 0.563. The van der Waals surface area contributed by atoms with Crippen LogP contribution in [0.15, 0.2) is 47.4 Å².